The zero-order valence-corrected chi connectivity index (χ0v) is 20.8. The van der Waals surface area contributed by atoms with Crippen LogP contribution in [0.15, 0.2) is 103 Å². The largest absolute Gasteiger partial charge is 0.510 e. The van der Waals surface area contributed by atoms with Crippen molar-refractivity contribution in [2.75, 3.05) is 7.05 Å². The molecule has 0 fully saturated rings. The van der Waals surface area contributed by atoms with Crippen molar-refractivity contribution in [3.05, 3.63) is 131 Å². The van der Waals surface area contributed by atoms with Gasteiger partial charge in [0.05, 0.1) is 13.6 Å². The Balaban J connectivity index is 1.57. The van der Waals surface area contributed by atoms with Crippen molar-refractivity contribution in [1.82, 2.24) is 10.3 Å². The predicted octanol–water partition coefficient (Wildman–Crippen LogP) is 5.83. The number of benzene rings is 3. The lowest BCUT2D eigenvalue weighted by Gasteiger charge is -2.42. The molecule has 3 atom stereocenters. The number of fused-ring (bicyclic) bond motifs is 1. The molecule has 184 valence electrons. The van der Waals surface area contributed by atoms with E-state index < -0.39 is 5.54 Å². The van der Waals surface area contributed by atoms with E-state index >= 15 is 0 Å². The van der Waals surface area contributed by atoms with Crippen molar-refractivity contribution >= 4 is 6.21 Å². The average Bonchev–Trinajstić information content (AvgIpc) is 3.31. The summed E-state index contributed by atoms with van der Waals surface area (Å²) in [6.07, 6.45) is 9.89. The summed E-state index contributed by atoms with van der Waals surface area (Å²) in [5, 5.41) is 17.7. The molecule has 2 N–H and O–H groups in total. The van der Waals surface area contributed by atoms with Crippen LogP contribution in [-0.4, -0.2) is 34.1 Å². The summed E-state index contributed by atoms with van der Waals surface area (Å²) in [4.78, 5) is 0. The number of aryl methyl sites for hydroxylation is 1. The highest BCUT2D eigenvalue weighted by Crippen LogP contribution is 2.42. The summed E-state index contributed by atoms with van der Waals surface area (Å²) in [6.45, 7) is 2.60. The monoisotopic (exact) mass is 482 g/mol. The van der Waals surface area contributed by atoms with E-state index in [1.54, 1.807) is 6.08 Å². The highest BCUT2D eigenvalue weighted by molar-refractivity contribution is 5.49. The molecule has 2 aliphatic carbocycles. The smallest absolute Gasteiger partial charge is 0.229 e. The fourth-order valence-corrected chi connectivity index (χ4v) is 5.72. The summed E-state index contributed by atoms with van der Waals surface area (Å²) in [5.41, 5.74) is 3.78. The van der Waals surface area contributed by atoms with E-state index in [-0.39, 0.29) is 23.7 Å². The summed E-state index contributed by atoms with van der Waals surface area (Å²) >= 11 is 0. The van der Waals surface area contributed by atoms with Crippen molar-refractivity contribution < 1.29 is 14.2 Å². The Morgan fingerprint density at radius 2 is 1.78 bits per heavy atom. The van der Waals surface area contributed by atoms with Crippen LogP contribution in [0.1, 0.15) is 41.6 Å². The van der Waals surface area contributed by atoms with Gasteiger partial charge in [0.2, 0.25) is 6.04 Å². The normalized spacial score (nSPS) is 23.3. The van der Waals surface area contributed by atoms with Crippen molar-refractivity contribution in [3.63, 3.8) is 0 Å². The Kier molecular flexibility index (Phi) is 6.75. The molecule has 3 aromatic carbocycles. The lowest BCUT2D eigenvalue weighted by molar-refractivity contribution is -0.712. The number of nitrogens with zero attached hydrogens (tertiary/aromatic N) is 2. The van der Waals surface area contributed by atoms with Gasteiger partial charge in [0.1, 0.15) is 11.6 Å². The molecule has 0 saturated heterocycles. The van der Waals surface area contributed by atoms with Gasteiger partial charge in [0.25, 0.3) is 0 Å². The Morgan fingerprint density at radius 1 is 1.06 bits per heavy atom. The van der Waals surface area contributed by atoms with E-state index in [9.17, 15) is 9.50 Å². The molecule has 0 bridgehead atoms. The van der Waals surface area contributed by atoms with Crippen molar-refractivity contribution in [2.24, 2.45) is 0 Å². The number of hydrogen-bond donors (Lipinski definition) is 2. The molecule has 3 aromatic rings. The molecule has 0 radical (unpaired) electrons. The Bertz CT molecular complexity index is 1300. The van der Waals surface area contributed by atoms with E-state index in [1.807, 2.05) is 56.6 Å². The maximum atomic E-state index is 13.5. The van der Waals surface area contributed by atoms with Gasteiger partial charge in [-0.15, -0.1) is 4.68 Å². The third kappa shape index (κ3) is 4.35. The maximum Gasteiger partial charge on any atom is 0.229 e. The number of hydrazine groups is 1. The van der Waals surface area contributed by atoms with Crippen LogP contribution in [0.4, 0.5) is 4.39 Å². The molecule has 0 heterocycles. The van der Waals surface area contributed by atoms with Gasteiger partial charge in [-0.2, -0.15) is 5.01 Å². The second-order valence-corrected chi connectivity index (χ2v) is 9.57. The second kappa shape index (κ2) is 10.1. The van der Waals surface area contributed by atoms with Crippen molar-refractivity contribution in [3.8, 4) is 0 Å². The van der Waals surface area contributed by atoms with Crippen LogP contribution in [0.5, 0.6) is 0 Å². The molecule has 5 heteroatoms. The van der Waals surface area contributed by atoms with Crippen LogP contribution in [0.2, 0.25) is 0 Å². The second-order valence-electron chi connectivity index (χ2n) is 9.57. The zero-order valence-electron chi connectivity index (χ0n) is 20.8. The molecule has 0 aliphatic heterocycles. The van der Waals surface area contributed by atoms with Crippen LogP contribution >= 0.6 is 0 Å². The Labute approximate surface area is 212 Å². The molecular weight excluding hydrogens is 449 g/mol. The number of rotatable bonds is 7. The average molecular weight is 483 g/mol. The highest BCUT2D eigenvalue weighted by atomic mass is 19.1. The molecule has 36 heavy (non-hydrogen) atoms. The van der Waals surface area contributed by atoms with Crippen LogP contribution in [0.25, 0.3) is 0 Å². The first-order chi connectivity index (χ1) is 17.5. The van der Waals surface area contributed by atoms with Crippen molar-refractivity contribution in [1.29, 1.82) is 0 Å². The number of aliphatic hydroxyl groups is 1. The van der Waals surface area contributed by atoms with Gasteiger partial charge in [0, 0.05) is 13.0 Å². The third-order valence-electron chi connectivity index (χ3n) is 7.43. The number of hydrogen-bond acceptors (Lipinski definition) is 3. The molecule has 0 amide bonds. The van der Waals surface area contributed by atoms with E-state index in [0.717, 1.165) is 24.0 Å². The first-order valence-corrected chi connectivity index (χ1v) is 12.5. The zero-order chi connectivity index (χ0) is 25.1. The van der Waals surface area contributed by atoms with Gasteiger partial charge in [-0.25, -0.2) is 4.39 Å². The quantitative estimate of drug-likeness (QED) is 0.253. The number of allylic oxidation sites excluding steroid dienone is 2. The lowest BCUT2D eigenvalue weighted by Crippen LogP contribution is -2.60. The molecule has 5 rings (SSSR count). The summed E-state index contributed by atoms with van der Waals surface area (Å²) in [5.74, 6) is 0.0438. The number of halogens is 1. The minimum atomic E-state index is -0.873. The van der Waals surface area contributed by atoms with E-state index in [2.05, 4.69) is 57.5 Å². The maximum absolute atomic E-state index is 13.5. The summed E-state index contributed by atoms with van der Waals surface area (Å²) in [7, 11) is 2.02. The van der Waals surface area contributed by atoms with Crippen LogP contribution in [0, 0.1) is 5.82 Å². The summed E-state index contributed by atoms with van der Waals surface area (Å²) in [6, 6.07) is 25.2. The number of hydrazone groups is 1. The standard InChI is InChI=1S/C31H32FN3O/c1-3-35(34(2)22-23-16-19-26(32)20-17-23)29-14-9-15-30(36)31(29,25-11-5-4-6-12-25)33-28-21-18-24-10-7-8-13-27(24)28/h3-17,19-20,28-29,33H,18,21-22H2,1-2H3/p+1. The molecule has 3 unspecified atom stereocenters. The summed E-state index contributed by atoms with van der Waals surface area (Å²) < 4.78 is 15.6. The molecular formula is C31H33FN3O+. The van der Waals surface area contributed by atoms with Crippen molar-refractivity contribution in [2.45, 2.75) is 43.9 Å². The first-order valence-electron chi connectivity index (χ1n) is 12.5. The molecule has 0 aromatic heterocycles. The van der Waals surface area contributed by atoms with Gasteiger partial charge in [-0.3, -0.25) is 5.32 Å². The molecule has 0 saturated carbocycles. The SMILES string of the molecule is CC=[N+](C1C=CC=C(O)C1(NC1CCc2ccccc21)c1ccccc1)N(C)Cc1ccc(F)cc1. The fourth-order valence-electron chi connectivity index (χ4n) is 5.72. The molecule has 0 spiro atoms. The molecule has 4 nitrogen and oxygen atoms in total. The Hall–Kier alpha value is -3.70. The van der Waals surface area contributed by atoms with Crippen LogP contribution in [0.3, 0.4) is 0 Å². The predicted molar refractivity (Wildman–Crippen MR) is 142 cm³/mol. The lowest BCUT2D eigenvalue weighted by atomic mass is 9.77. The number of aliphatic hydroxyl groups excluding tert-OH is 1. The minimum absolute atomic E-state index is 0.104. The van der Waals surface area contributed by atoms with Gasteiger partial charge < -0.3 is 5.11 Å². The van der Waals surface area contributed by atoms with E-state index in [0.29, 0.717) is 6.54 Å². The molecule has 2 aliphatic rings. The minimum Gasteiger partial charge on any atom is -0.510 e. The van der Waals surface area contributed by atoms with Gasteiger partial charge >= 0.3 is 0 Å². The van der Waals surface area contributed by atoms with E-state index in [4.69, 9.17) is 0 Å². The highest BCUT2D eigenvalue weighted by Gasteiger charge is 2.53. The topological polar surface area (TPSA) is 38.5 Å². The van der Waals surface area contributed by atoms with Crippen LogP contribution < -0.4 is 5.32 Å². The third-order valence-corrected chi connectivity index (χ3v) is 7.43. The van der Waals surface area contributed by atoms with E-state index in [1.165, 1.54) is 23.3 Å². The van der Waals surface area contributed by atoms with Gasteiger partial charge in [-0.1, -0.05) is 72.8 Å². The fraction of sp³-hybridized carbons (Fsp3) is 0.258. The van der Waals surface area contributed by atoms with Gasteiger partial charge in [0.15, 0.2) is 11.8 Å². The first kappa shape index (κ1) is 24.0. The Morgan fingerprint density at radius 3 is 2.53 bits per heavy atom. The van der Waals surface area contributed by atoms with Gasteiger partial charge in [-0.05, 0) is 59.4 Å². The number of nitrogens with one attached hydrogen (secondary N) is 1. The van der Waals surface area contributed by atoms with Crippen LogP contribution in [-0.2, 0) is 18.5 Å².